The van der Waals surface area contributed by atoms with Crippen LogP contribution in [0.1, 0.15) is 36.5 Å². The molecule has 192 valence electrons. The topological polar surface area (TPSA) is 106 Å². The van der Waals surface area contributed by atoms with E-state index in [1.165, 1.54) is 0 Å². The molecule has 36 heavy (non-hydrogen) atoms. The predicted molar refractivity (Wildman–Crippen MR) is 138 cm³/mol. The maximum Gasteiger partial charge on any atom is 0.308 e. The van der Waals surface area contributed by atoms with Gasteiger partial charge in [0.25, 0.3) is 5.91 Å². The van der Waals surface area contributed by atoms with E-state index in [0.717, 1.165) is 18.6 Å². The molecule has 0 saturated carbocycles. The third-order valence-electron chi connectivity index (χ3n) is 5.42. The lowest BCUT2D eigenvalue weighted by atomic mass is 10.1. The van der Waals surface area contributed by atoms with Crippen LogP contribution in [0.2, 0.25) is 0 Å². The summed E-state index contributed by atoms with van der Waals surface area (Å²) in [5.41, 5.74) is 0.288. The lowest BCUT2D eigenvalue weighted by molar-refractivity contribution is -0.147. The molecule has 2 N–H and O–H groups in total. The van der Waals surface area contributed by atoms with E-state index in [4.69, 9.17) is 26.4 Å². The molecule has 9 nitrogen and oxygen atoms in total. The lowest BCUT2D eigenvalue weighted by Gasteiger charge is -2.36. The van der Waals surface area contributed by atoms with E-state index in [-0.39, 0.29) is 29.6 Å². The summed E-state index contributed by atoms with van der Waals surface area (Å²) in [6.07, 6.45) is 1.48. The predicted octanol–water partition coefficient (Wildman–Crippen LogP) is 2.69. The summed E-state index contributed by atoms with van der Waals surface area (Å²) in [5, 5.41) is 5.46. The number of unbranched alkanes of at least 4 members (excludes halogenated alkanes) is 1. The van der Waals surface area contributed by atoms with Gasteiger partial charge in [-0.15, -0.1) is 0 Å². The van der Waals surface area contributed by atoms with Gasteiger partial charge < -0.3 is 24.4 Å². The molecule has 2 amide bonds. The monoisotopic (exact) mass is 513 g/mol. The Bertz CT molecular complexity index is 1050. The summed E-state index contributed by atoms with van der Waals surface area (Å²) in [4.78, 5) is 39.3. The number of nitrogens with zero attached hydrogens (tertiary/aromatic N) is 1. The number of nitrogens with one attached hydrogen (secondary N) is 2. The summed E-state index contributed by atoms with van der Waals surface area (Å²) >= 11 is 5.44. The van der Waals surface area contributed by atoms with E-state index in [1.54, 1.807) is 29.2 Å². The number of para-hydroxylation sites is 2. The zero-order valence-electron chi connectivity index (χ0n) is 20.2. The van der Waals surface area contributed by atoms with Crippen molar-refractivity contribution in [3.05, 3.63) is 60.2 Å². The molecular formula is C26H31N3O6S. The standard InChI is InChI=1S/C26H31N3O6S/c1-2-3-15-35-23(30)18-21-25(32)27-13-14-29(21)26(36)28-24(31)20-11-7-8-12-22(20)34-17-16-33-19-9-5-4-6-10-19/h4-12,21H,2-3,13-18H2,1H3,(H,27,32)(H,28,31,36). The van der Waals surface area contributed by atoms with Gasteiger partial charge in [-0.3, -0.25) is 19.7 Å². The molecule has 0 spiro atoms. The number of carbonyl (C=O) groups is 3. The molecule has 1 aliphatic rings. The largest absolute Gasteiger partial charge is 0.490 e. The maximum atomic E-state index is 13.0. The highest BCUT2D eigenvalue weighted by atomic mass is 32.1. The molecule has 3 rings (SSSR count). The number of ether oxygens (including phenoxy) is 3. The quantitative estimate of drug-likeness (QED) is 0.268. The highest BCUT2D eigenvalue weighted by Crippen LogP contribution is 2.19. The Balaban J connectivity index is 1.58. The zero-order chi connectivity index (χ0) is 25.8. The Labute approximate surface area is 216 Å². The molecule has 0 bridgehead atoms. The fourth-order valence-electron chi connectivity index (χ4n) is 3.55. The number of rotatable bonds is 11. The molecule has 0 aliphatic carbocycles. The van der Waals surface area contributed by atoms with Gasteiger partial charge in [-0.1, -0.05) is 43.7 Å². The second-order valence-corrected chi connectivity index (χ2v) is 8.43. The van der Waals surface area contributed by atoms with Crippen LogP contribution in [0.3, 0.4) is 0 Å². The Kier molecular flexibility index (Phi) is 10.5. The van der Waals surface area contributed by atoms with Crippen molar-refractivity contribution in [1.82, 2.24) is 15.5 Å². The number of benzene rings is 2. The lowest BCUT2D eigenvalue weighted by Crippen LogP contribution is -2.60. The van der Waals surface area contributed by atoms with E-state index in [2.05, 4.69) is 10.6 Å². The van der Waals surface area contributed by atoms with Crippen molar-refractivity contribution >= 4 is 35.1 Å². The SMILES string of the molecule is CCCCOC(=O)CC1C(=O)NCCN1C(=S)NC(=O)c1ccccc1OCCOc1ccccc1. The first kappa shape index (κ1) is 26.9. The van der Waals surface area contributed by atoms with E-state index in [9.17, 15) is 14.4 Å². The summed E-state index contributed by atoms with van der Waals surface area (Å²) < 4.78 is 16.6. The molecule has 0 radical (unpaired) electrons. The summed E-state index contributed by atoms with van der Waals surface area (Å²) in [6.45, 7) is 3.53. The Morgan fingerprint density at radius 2 is 1.78 bits per heavy atom. The first-order valence-electron chi connectivity index (χ1n) is 11.9. The van der Waals surface area contributed by atoms with E-state index < -0.39 is 17.9 Å². The molecule has 0 aromatic heterocycles. The third kappa shape index (κ3) is 7.94. The van der Waals surface area contributed by atoms with Gasteiger partial charge in [-0.05, 0) is 42.9 Å². The highest BCUT2D eigenvalue weighted by Gasteiger charge is 2.34. The molecular weight excluding hydrogens is 482 g/mol. The average Bonchev–Trinajstić information content (AvgIpc) is 2.88. The van der Waals surface area contributed by atoms with Gasteiger partial charge in [0.05, 0.1) is 18.6 Å². The van der Waals surface area contributed by atoms with E-state index in [0.29, 0.717) is 32.1 Å². The normalized spacial score (nSPS) is 15.0. The summed E-state index contributed by atoms with van der Waals surface area (Å²) in [6, 6.07) is 15.3. The van der Waals surface area contributed by atoms with Crippen molar-refractivity contribution in [1.29, 1.82) is 0 Å². The van der Waals surface area contributed by atoms with E-state index in [1.807, 2.05) is 37.3 Å². The average molecular weight is 514 g/mol. The van der Waals surface area contributed by atoms with Crippen molar-refractivity contribution in [3.63, 3.8) is 0 Å². The first-order chi connectivity index (χ1) is 17.5. The van der Waals surface area contributed by atoms with Crippen molar-refractivity contribution in [3.8, 4) is 11.5 Å². The van der Waals surface area contributed by atoms with Gasteiger partial charge in [0, 0.05) is 13.1 Å². The molecule has 2 aromatic carbocycles. The minimum Gasteiger partial charge on any atom is -0.490 e. The summed E-state index contributed by atoms with van der Waals surface area (Å²) in [5.74, 6) is -0.197. The van der Waals surface area contributed by atoms with Crippen LogP contribution in [-0.4, -0.2) is 66.7 Å². The molecule has 10 heteroatoms. The van der Waals surface area contributed by atoms with E-state index >= 15 is 0 Å². The van der Waals surface area contributed by atoms with Crippen molar-refractivity contribution in [2.75, 3.05) is 32.9 Å². The smallest absolute Gasteiger partial charge is 0.308 e. The highest BCUT2D eigenvalue weighted by molar-refractivity contribution is 7.80. The fraction of sp³-hybridized carbons (Fsp3) is 0.385. The number of hydrogen-bond acceptors (Lipinski definition) is 7. The number of piperazine rings is 1. The van der Waals surface area contributed by atoms with Crippen LogP contribution < -0.4 is 20.1 Å². The molecule has 1 atom stereocenters. The van der Waals surface area contributed by atoms with Crippen LogP contribution in [0.5, 0.6) is 11.5 Å². The van der Waals surface area contributed by atoms with Crippen molar-refractivity contribution in [2.45, 2.75) is 32.2 Å². The maximum absolute atomic E-state index is 13.0. The van der Waals surface area contributed by atoms with Gasteiger partial charge in [0.1, 0.15) is 30.8 Å². The van der Waals surface area contributed by atoms with Crippen LogP contribution in [0, 0.1) is 0 Å². The number of thiocarbonyl (C=S) groups is 1. The Hall–Kier alpha value is -3.66. The van der Waals surface area contributed by atoms with Crippen LogP contribution in [-0.2, 0) is 14.3 Å². The number of esters is 1. The molecule has 1 aliphatic heterocycles. The third-order valence-corrected chi connectivity index (χ3v) is 5.75. The van der Waals surface area contributed by atoms with Crippen molar-refractivity contribution < 1.29 is 28.6 Å². The van der Waals surface area contributed by atoms with Crippen LogP contribution in [0.25, 0.3) is 0 Å². The molecule has 1 heterocycles. The second-order valence-electron chi connectivity index (χ2n) is 8.04. The minimum atomic E-state index is -0.859. The van der Waals surface area contributed by atoms with Crippen LogP contribution in [0.15, 0.2) is 54.6 Å². The Morgan fingerprint density at radius 3 is 2.56 bits per heavy atom. The number of carbonyl (C=O) groups excluding carboxylic acids is 3. The number of hydrogen-bond donors (Lipinski definition) is 2. The minimum absolute atomic E-state index is 0.0587. The zero-order valence-corrected chi connectivity index (χ0v) is 21.1. The fourth-order valence-corrected chi connectivity index (χ4v) is 3.86. The van der Waals surface area contributed by atoms with Gasteiger partial charge in [0.15, 0.2) is 5.11 Å². The molecule has 1 unspecified atom stereocenters. The first-order valence-corrected chi connectivity index (χ1v) is 12.4. The van der Waals surface area contributed by atoms with Gasteiger partial charge >= 0.3 is 5.97 Å². The molecule has 2 aromatic rings. The molecule has 1 fully saturated rings. The van der Waals surface area contributed by atoms with Gasteiger partial charge in [-0.25, -0.2) is 0 Å². The van der Waals surface area contributed by atoms with Gasteiger partial charge in [-0.2, -0.15) is 0 Å². The number of amides is 2. The molecule has 1 saturated heterocycles. The van der Waals surface area contributed by atoms with Gasteiger partial charge in [0.2, 0.25) is 5.91 Å². The van der Waals surface area contributed by atoms with Crippen LogP contribution in [0.4, 0.5) is 0 Å². The second kappa shape index (κ2) is 14.0. The van der Waals surface area contributed by atoms with Crippen molar-refractivity contribution in [2.24, 2.45) is 0 Å². The Morgan fingerprint density at radius 1 is 1.06 bits per heavy atom. The van der Waals surface area contributed by atoms with Crippen LogP contribution >= 0.6 is 12.2 Å². The summed E-state index contributed by atoms with van der Waals surface area (Å²) in [7, 11) is 0.